The van der Waals surface area contributed by atoms with Gasteiger partial charge in [-0.1, -0.05) is 0 Å². The van der Waals surface area contributed by atoms with Crippen LogP contribution < -0.4 is 0 Å². The van der Waals surface area contributed by atoms with Gasteiger partial charge in [-0.3, -0.25) is 4.79 Å². The molecule has 0 radical (unpaired) electrons. The first-order valence-electron chi connectivity index (χ1n) is 7.29. The van der Waals surface area contributed by atoms with Crippen LogP contribution in [0.5, 0.6) is 0 Å². The van der Waals surface area contributed by atoms with Gasteiger partial charge in [0.2, 0.25) is 0 Å². The fourth-order valence-electron chi connectivity index (χ4n) is 2.42. The van der Waals surface area contributed by atoms with Crippen LogP contribution in [0.25, 0.3) is 4.85 Å². The van der Waals surface area contributed by atoms with Gasteiger partial charge in [-0.25, -0.2) is 4.85 Å². The predicted octanol–water partition coefficient (Wildman–Crippen LogP) is 3.27. The average Bonchev–Trinajstić information content (AvgIpc) is 2.44. The third kappa shape index (κ3) is 4.22. The van der Waals surface area contributed by atoms with Crippen molar-refractivity contribution in [2.24, 2.45) is 0 Å². The molecule has 1 rings (SSSR count). The quantitative estimate of drug-likeness (QED) is 0.444. The van der Waals surface area contributed by atoms with E-state index in [0.717, 1.165) is 11.4 Å². The molecule has 0 bridgehead atoms. The van der Waals surface area contributed by atoms with E-state index in [9.17, 15) is 4.79 Å². The lowest BCUT2D eigenvalue weighted by atomic mass is 10.0. The van der Waals surface area contributed by atoms with Gasteiger partial charge < -0.3 is 14.4 Å². The van der Waals surface area contributed by atoms with Crippen molar-refractivity contribution >= 4 is 5.97 Å². The number of esters is 1. The van der Waals surface area contributed by atoms with E-state index in [0.29, 0.717) is 11.6 Å². The first-order chi connectivity index (χ1) is 10.3. The molecule has 0 fully saturated rings. The maximum Gasteiger partial charge on any atom is 0.337 e. The topological polar surface area (TPSA) is 43.1 Å². The second kappa shape index (κ2) is 7.81. The molecular formula is C17H24N2O3. The number of carbonyl (C=O) groups is 1. The zero-order valence-corrected chi connectivity index (χ0v) is 14.1. The molecule has 0 aromatic carbocycles. The van der Waals surface area contributed by atoms with E-state index in [1.807, 2.05) is 26.0 Å². The van der Waals surface area contributed by atoms with Crippen LogP contribution in [0.3, 0.4) is 0 Å². The van der Waals surface area contributed by atoms with E-state index in [4.69, 9.17) is 16.0 Å². The van der Waals surface area contributed by atoms with Crippen LogP contribution >= 0.6 is 0 Å². The summed E-state index contributed by atoms with van der Waals surface area (Å²) in [5, 5.41) is 0. The minimum Gasteiger partial charge on any atom is -0.468 e. The predicted molar refractivity (Wildman–Crippen MR) is 85.5 cm³/mol. The molecule has 0 saturated heterocycles. The highest BCUT2D eigenvalue weighted by Gasteiger charge is 2.22. The lowest BCUT2D eigenvalue weighted by Crippen LogP contribution is -2.29. The molecule has 120 valence electrons. The standard InChI is InChI=1S/C17H24N2O3/c1-11(2)19-12(3)8-15(9-13(19)4)16(18-6)17(20)22-10-14(5)21-7/h8-9,11,14H,10H2,1-5,7H3. The molecule has 1 aliphatic heterocycles. The minimum absolute atomic E-state index is 0.00501. The van der Waals surface area contributed by atoms with E-state index in [1.165, 1.54) is 0 Å². The summed E-state index contributed by atoms with van der Waals surface area (Å²) in [4.78, 5) is 17.6. The summed E-state index contributed by atoms with van der Waals surface area (Å²) in [5.74, 6) is -0.611. The second-order valence-electron chi connectivity index (χ2n) is 5.60. The summed E-state index contributed by atoms with van der Waals surface area (Å²) in [7, 11) is 1.55. The molecule has 1 unspecified atom stereocenters. The highest BCUT2D eigenvalue weighted by molar-refractivity contribution is 5.92. The van der Waals surface area contributed by atoms with Gasteiger partial charge in [-0.2, -0.15) is 0 Å². The Bertz CT molecular complexity index is 543. The van der Waals surface area contributed by atoms with Crippen molar-refractivity contribution in [1.82, 2.24) is 4.90 Å². The van der Waals surface area contributed by atoms with Crippen LogP contribution in [0.15, 0.2) is 34.8 Å². The molecule has 1 aliphatic rings. The van der Waals surface area contributed by atoms with Crippen molar-refractivity contribution in [3.05, 3.63) is 46.2 Å². The third-order valence-electron chi connectivity index (χ3n) is 3.44. The second-order valence-corrected chi connectivity index (χ2v) is 5.60. The highest BCUT2D eigenvalue weighted by Crippen LogP contribution is 2.27. The Morgan fingerprint density at radius 3 is 2.23 bits per heavy atom. The highest BCUT2D eigenvalue weighted by atomic mass is 16.6. The van der Waals surface area contributed by atoms with Gasteiger partial charge in [0.15, 0.2) is 0 Å². The smallest absolute Gasteiger partial charge is 0.337 e. The maximum absolute atomic E-state index is 12.1. The summed E-state index contributed by atoms with van der Waals surface area (Å²) in [5.41, 5.74) is 2.61. The maximum atomic E-state index is 12.1. The first-order valence-corrected chi connectivity index (χ1v) is 7.29. The van der Waals surface area contributed by atoms with Gasteiger partial charge in [-0.15, -0.1) is 0 Å². The minimum atomic E-state index is -0.611. The molecule has 0 aromatic rings. The zero-order valence-electron chi connectivity index (χ0n) is 14.1. The number of hydrogen-bond acceptors (Lipinski definition) is 4. The van der Waals surface area contributed by atoms with Crippen molar-refractivity contribution in [3.8, 4) is 0 Å². The molecule has 1 atom stereocenters. The number of rotatable bonds is 5. The van der Waals surface area contributed by atoms with Crippen LogP contribution in [-0.4, -0.2) is 36.7 Å². The monoisotopic (exact) mass is 304 g/mol. The number of ether oxygens (including phenoxy) is 2. The fourth-order valence-corrected chi connectivity index (χ4v) is 2.42. The van der Waals surface area contributed by atoms with Crippen LogP contribution in [0.1, 0.15) is 34.6 Å². The van der Waals surface area contributed by atoms with E-state index in [1.54, 1.807) is 14.0 Å². The fraction of sp³-hybridized carbons (Fsp3) is 0.529. The third-order valence-corrected chi connectivity index (χ3v) is 3.44. The molecule has 5 heteroatoms. The molecule has 22 heavy (non-hydrogen) atoms. The summed E-state index contributed by atoms with van der Waals surface area (Å²) < 4.78 is 10.2. The van der Waals surface area contributed by atoms with Crippen molar-refractivity contribution in [1.29, 1.82) is 0 Å². The Balaban J connectivity index is 3.05. The van der Waals surface area contributed by atoms with E-state index >= 15 is 0 Å². The first kappa shape index (κ1) is 18.0. The van der Waals surface area contributed by atoms with Crippen molar-refractivity contribution in [2.75, 3.05) is 13.7 Å². The van der Waals surface area contributed by atoms with Crippen LogP contribution in [0.4, 0.5) is 0 Å². The molecule has 5 nitrogen and oxygen atoms in total. The molecule has 0 spiro atoms. The molecule has 0 N–H and O–H groups in total. The average molecular weight is 304 g/mol. The van der Waals surface area contributed by atoms with E-state index in [-0.39, 0.29) is 18.4 Å². The molecule has 0 aliphatic carbocycles. The van der Waals surface area contributed by atoms with Gasteiger partial charge >= 0.3 is 5.97 Å². The lowest BCUT2D eigenvalue weighted by molar-refractivity contribution is -0.141. The molecule has 1 heterocycles. The molecule has 0 aromatic heterocycles. The van der Waals surface area contributed by atoms with Gasteiger partial charge in [0.05, 0.1) is 12.7 Å². The summed E-state index contributed by atoms with van der Waals surface area (Å²) in [6.45, 7) is 17.3. The van der Waals surface area contributed by atoms with Crippen molar-refractivity contribution in [3.63, 3.8) is 0 Å². The largest absolute Gasteiger partial charge is 0.468 e. The molecular weight excluding hydrogens is 280 g/mol. The van der Waals surface area contributed by atoms with Gasteiger partial charge in [0.1, 0.15) is 6.61 Å². The normalized spacial score (nSPS) is 15.9. The van der Waals surface area contributed by atoms with Crippen LogP contribution in [0, 0.1) is 6.57 Å². The number of hydrogen-bond donors (Lipinski definition) is 0. The van der Waals surface area contributed by atoms with E-state index < -0.39 is 5.97 Å². The zero-order chi connectivity index (χ0) is 16.9. The van der Waals surface area contributed by atoms with Gasteiger partial charge in [-0.05, 0) is 52.3 Å². The lowest BCUT2D eigenvalue weighted by Gasteiger charge is -2.33. The van der Waals surface area contributed by atoms with Gasteiger partial charge in [0.25, 0.3) is 5.70 Å². The van der Waals surface area contributed by atoms with E-state index in [2.05, 4.69) is 23.6 Å². The van der Waals surface area contributed by atoms with Crippen LogP contribution in [-0.2, 0) is 14.3 Å². The Morgan fingerprint density at radius 2 is 1.82 bits per heavy atom. The molecule has 0 amide bonds. The SMILES string of the molecule is [C-]#[N+]C(C(=O)OCC(C)OC)=C1C=C(C)N(C(C)C)C(C)=C1. The summed E-state index contributed by atoms with van der Waals surface area (Å²) >= 11 is 0. The summed E-state index contributed by atoms with van der Waals surface area (Å²) in [6.07, 6.45) is 3.50. The number of methoxy groups -OCH3 is 1. The number of nitrogens with zero attached hydrogens (tertiary/aromatic N) is 2. The Kier molecular flexibility index (Phi) is 6.39. The van der Waals surface area contributed by atoms with Crippen LogP contribution in [0.2, 0.25) is 0 Å². The Labute approximate surface area is 132 Å². The number of allylic oxidation sites excluding steroid dienone is 5. The van der Waals surface area contributed by atoms with Crippen molar-refractivity contribution in [2.45, 2.75) is 46.8 Å². The van der Waals surface area contributed by atoms with Crippen molar-refractivity contribution < 1.29 is 14.3 Å². The van der Waals surface area contributed by atoms with Gasteiger partial charge in [0, 0.05) is 24.5 Å². The Hall–Kier alpha value is -2.06. The Morgan fingerprint density at radius 1 is 1.27 bits per heavy atom. The molecule has 0 saturated carbocycles. The number of carbonyl (C=O) groups excluding carboxylic acids is 1. The summed E-state index contributed by atoms with van der Waals surface area (Å²) in [6, 6.07) is 0.319.